The molecule has 0 unspecified atom stereocenters. The van der Waals surface area contributed by atoms with E-state index in [0.717, 1.165) is 27.7 Å². The number of para-hydroxylation sites is 2. The quantitative estimate of drug-likeness (QED) is 0.334. The summed E-state index contributed by atoms with van der Waals surface area (Å²) in [4.78, 5) is 26.4. The molecule has 0 saturated carbocycles. The maximum Gasteiger partial charge on any atom is 0.267 e. The van der Waals surface area contributed by atoms with E-state index in [1.54, 1.807) is 10.6 Å². The van der Waals surface area contributed by atoms with Crippen LogP contribution in [0.4, 0.5) is 5.69 Å². The normalized spacial score (nSPS) is 11.4. The number of carbonyl (C=O) groups is 1. The van der Waals surface area contributed by atoms with Crippen LogP contribution in [0.25, 0.3) is 33.1 Å². The first-order valence-corrected chi connectivity index (χ1v) is 12.5. The summed E-state index contributed by atoms with van der Waals surface area (Å²) in [7, 11) is 0. The minimum atomic E-state index is -0.162. The largest absolute Gasteiger partial charge is 0.325 e. The van der Waals surface area contributed by atoms with Crippen LogP contribution in [-0.4, -0.2) is 30.8 Å². The average molecular weight is 492 g/mol. The predicted molar refractivity (Wildman–Crippen MR) is 144 cm³/mol. The van der Waals surface area contributed by atoms with Crippen molar-refractivity contribution in [2.24, 2.45) is 0 Å². The van der Waals surface area contributed by atoms with Gasteiger partial charge in [-0.2, -0.15) is 0 Å². The standard InChI is InChI=1S/C28H21N5O2S/c1-18-9-2-6-15-23(18)32-26(35)21-13-5-7-16-24(21)33-27(32)30-31-28(33)36-17-25(34)29-22-14-8-11-19-10-3-4-12-20(19)22/h2-16H,17H2,1H3,(H,29,34). The molecule has 2 heterocycles. The van der Waals surface area contributed by atoms with E-state index in [1.165, 1.54) is 11.8 Å². The van der Waals surface area contributed by atoms with Gasteiger partial charge in [-0.3, -0.25) is 14.0 Å². The van der Waals surface area contributed by atoms with Crippen molar-refractivity contribution in [3.8, 4) is 5.69 Å². The number of thioether (sulfide) groups is 1. The highest BCUT2D eigenvalue weighted by atomic mass is 32.2. The molecule has 0 atom stereocenters. The van der Waals surface area contributed by atoms with Crippen molar-refractivity contribution < 1.29 is 4.79 Å². The molecule has 0 radical (unpaired) electrons. The van der Waals surface area contributed by atoms with Crippen LogP contribution < -0.4 is 10.9 Å². The van der Waals surface area contributed by atoms with Gasteiger partial charge in [-0.1, -0.05) is 78.5 Å². The molecule has 0 aliphatic rings. The fourth-order valence-electron chi connectivity index (χ4n) is 4.45. The number of aryl methyl sites for hydroxylation is 1. The molecule has 8 heteroatoms. The van der Waals surface area contributed by atoms with Gasteiger partial charge in [-0.15, -0.1) is 10.2 Å². The fourth-order valence-corrected chi connectivity index (χ4v) is 5.19. The Balaban J connectivity index is 1.38. The second-order valence-corrected chi connectivity index (χ2v) is 9.37. The van der Waals surface area contributed by atoms with Crippen molar-refractivity contribution in [1.82, 2.24) is 19.2 Å². The van der Waals surface area contributed by atoms with E-state index in [1.807, 2.05) is 96.3 Å². The van der Waals surface area contributed by atoms with Crippen LogP contribution in [0.15, 0.2) is 101 Å². The molecule has 6 rings (SSSR count). The molecule has 0 aliphatic carbocycles. The van der Waals surface area contributed by atoms with Crippen molar-refractivity contribution in [3.05, 3.63) is 107 Å². The number of hydrogen-bond acceptors (Lipinski definition) is 5. The smallest absolute Gasteiger partial charge is 0.267 e. The highest BCUT2D eigenvalue weighted by Crippen LogP contribution is 2.26. The number of rotatable bonds is 5. The Labute approximate surface area is 210 Å². The Morgan fingerprint density at radius 1 is 0.861 bits per heavy atom. The van der Waals surface area contributed by atoms with E-state index in [9.17, 15) is 9.59 Å². The predicted octanol–water partition coefficient (Wildman–Crippen LogP) is 5.23. The second kappa shape index (κ2) is 8.98. The minimum Gasteiger partial charge on any atom is -0.325 e. The third kappa shape index (κ3) is 3.72. The van der Waals surface area contributed by atoms with E-state index in [0.29, 0.717) is 21.8 Å². The van der Waals surface area contributed by atoms with Gasteiger partial charge in [0.05, 0.1) is 22.3 Å². The molecule has 7 nitrogen and oxygen atoms in total. The van der Waals surface area contributed by atoms with Crippen LogP contribution in [0.2, 0.25) is 0 Å². The monoisotopic (exact) mass is 491 g/mol. The zero-order valence-corrected chi connectivity index (χ0v) is 20.2. The van der Waals surface area contributed by atoms with Gasteiger partial charge in [0.15, 0.2) is 5.16 Å². The molecule has 1 amide bonds. The van der Waals surface area contributed by atoms with Crippen molar-refractivity contribution in [2.75, 3.05) is 11.1 Å². The van der Waals surface area contributed by atoms with Crippen LogP contribution >= 0.6 is 11.8 Å². The lowest BCUT2D eigenvalue weighted by atomic mass is 10.1. The summed E-state index contributed by atoms with van der Waals surface area (Å²) >= 11 is 1.28. The summed E-state index contributed by atoms with van der Waals surface area (Å²) < 4.78 is 3.43. The van der Waals surface area contributed by atoms with E-state index in [2.05, 4.69) is 15.5 Å². The van der Waals surface area contributed by atoms with Gasteiger partial charge in [0.2, 0.25) is 11.7 Å². The molecular weight excluding hydrogens is 470 g/mol. The number of hydrogen-bond donors (Lipinski definition) is 1. The summed E-state index contributed by atoms with van der Waals surface area (Å²) in [5, 5.41) is 14.9. The van der Waals surface area contributed by atoms with Crippen LogP contribution in [0.5, 0.6) is 0 Å². The average Bonchev–Trinajstić information content (AvgIpc) is 3.33. The third-order valence-corrected chi connectivity index (χ3v) is 7.08. The fraction of sp³-hybridized carbons (Fsp3) is 0.0714. The summed E-state index contributed by atoms with van der Waals surface area (Å²) in [5.74, 6) is 0.400. The van der Waals surface area contributed by atoms with Crippen LogP contribution in [0.1, 0.15) is 5.56 Å². The third-order valence-electron chi connectivity index (χ3n) is 6.15. The lowest BCUT2D eigenvalue weighted by Gasteiger charge is -2.13. The number of aromatic nitrogens is 4. The molecule has 176 valence electrons. The number of anilines is 1. The number of nitrogens with one attached hydrogen (secondary N) is 1. The summed E-state index contributed by atoms with van der Waals surface area (Å²) in [6.07, 6.45) is 0. The molecule has 0 saturated heterocycles. The molecule has 4 aromatic carbocycles. The van der Waals surface area contributed by atoms with Gasteiger partial charge in [0, 0.05) is 11.1 Å². The maximum absolute atomic E-state index is 13.5. The molecule has 0 fully saturated rings. The molecule has 6 aromatic rings. The Morgan fingerprint density at radius 2 is 1.58 bits per heavy atom. The van der Waals surface area contributed by atoms with Gasteiger partial charge in [0.25, 0.3) is 5.56 Å². The van der Waals surface area contributed by atoms with E-state index < -0.39 is 0 Å². The Bertz CT molecular complexity index is 1830. The van der Waals surface area contributed by atoms with Gasteiger partial charge in [-0.25, -0.2) is 4.57 Å². The Morgan fingerprint density at radius 3 is 2.44 bits per heavy atom. The topological polar surface area (TPSA) is 81.3 Å². The minimum absolute atomic E-state index is 0.141. The SMILES string of the molecule is Cc1ccccc1-n1c(=O)c2ccccc2n2c(SCC(=O)Nc3cccc4ccccc34)nnc12. The number of nitrogens with zero attached hydrogens (tertiary/aromatic N) is 4. The molecule has 36 heavy (non-hydrogen) atoms. The zero-order chi connectivity index (χ0) is 24.6. The summed E-state index contributed by atoms with van der Waals surface area (Å²) in [6.45, 7) is 1.96. The molecule has 0 spiro atoms. The van der Waals surface area contributed by atoms with Gasteiger partial charge in [0.1, 0.15) is 0 Å². The number of carbonyl (C=O) groups excluding carboxylic acids is 1. The maximum atomic E-state index is 13.5. The van der Waals surface area contributed by atoms with Crippen LogP contribution in [-0.2, 0) is 4.79 Å². The number of amides is 1. The summed E-state index contributed by atoms with van der Waals surface area (Å²) in [5.41, 5.74) is 3.00. The van der Waals surface area contributed by atoms with Gasteiger partial charge >= 0.3 is 0 Å². The van der Waals surface area contributed by atoms with Gasteiger partial charge < -0.3 is 5.32 Å². The first-order valence-electron chi connectivity index (χ1n) is 11.5. The van der Waals surface area contributed by atoms with Gasteiger partial charge in [-0.05, 0) is 42.1 Å². The molecule has 0 bridgehead atoms. The van der Waals surface area contributed by atoms with Crippen molar-refractivity contribution >= 4 is 50.8 Å². The van der Waals surface area contributed by atoms with E-state index in [4.69, 9.17) is 0 Å². The Kier molecular flexibility index (Phi) is 5.50. The second-order valence-electron chi connectivity index (χ2n) is 8.43. The highest BCUT2D eigenvalue weighted by molar-refractivity contribution is 7.99. The first kappa shape index (κ1) is 22.1. The molecule has 0 aliphatic heterocycles. The number of benzene rings is 4. The lowest BCUT2D eigenvalue weighted by Crippen LogP contribution is -2.22. The summed E-state index contributed by atoms with van der Waals surface area (Å²) in [6, 6.07) is 28.8. The van der Waals surface area contributed by atoms with Crippen LogP contribution in [0, 0.1) is 6.92 Å². The molecule has 2 aromatic heterocycles. The molecular formula is C28H21N5O2S. The Hall–Kier alpha value is -4.43. The van der Waals surface area contributed by atoms with Crippen molar-refractivity contribution in [1.29, 1.82) is 0 Å². The zero-order valence-electron chi connectivity index (χ0n) is 19.4. The lowest BCUT2D eigenvalue weighted by molar-refractivity contribution is -0.113. The first-order chi connectivity index (χ1) is 17.6. The highest BCUT2D eigenvalue weighted by Gasteiger charge is 2.19. The van der Waals surface area contributed by atoms with Crippen molar-refractivity contribution in [3.63, 3.8) is 0 Å². The van der Waals surface area contributed by atoms with E-state index in [-0.39, 0.29) is 17.2 Å². The van der Waals surface area contributed by atoms with Crippen molar-refractivity contribution in [2.45, 2.75) is 12.1 Å². The van der Waals surface area contributed by atoms with E-state index >= 15 is 0 Å². The number of fused-ring (bicyclic) bond motifs is 4. The molecule has 1 N–H and O–H groups in total. The van der Waals surface area contributed by atoms with Crippen LogP contribution in [0.3, 0.4) is 0 Å².